The zero-order valence-corrected chi connectivity index (χ0v) is 9.93. The second-order valence-corrected chi connectivity index (χ2v) is 5.24. The Balaban J connectivity index is 2.04. The van der Waals surface area contributed by atoms with Gasteiger partial charge in [-0.05, 0) is 31.6 Å². The molecule has 1 saturated heterocycles. The van der Waals surface area contributed by atoms with E-state index in [2.05, 4.69) is 6.92 Å². The molecule has 0 bridgehead atoms. The van der Waals surface area contributed by atoms with Gasteiger partial charge in [0.25, 0.3) is 0 Å². The first-order valence-electron chi connectivity index (χ1n) is 5.71. The molecule has 2 rings (SSSR count). The average molecular weight is 226 g/mol. The molecule has 0 aromatic heterocycles. The van der Waals surface area contributed by atoms with Gasteiger partial charge < -0.3 is 10.6 Å². The van der Waals surface area contributed by atoms with Crippen LogP contribution in [-0.2, 0) is 4.79 Å². The first kappa shape index (κ1) is 10.9. The van der Waals surface area contributed by atoms with E-state index in [1.54, 1.807) is 0 Å². The minimum Gasteiger partial charge on any atom is -0.392 e. The van der Waals surface area contributed by atoms with Crippen molar-refractivity contribution in [3.05, 3.63) is 0 Å². The summed E-state index contributed by atoms with van der Waals surface area (Å²) in [6.07, 6.45) is 4.21. The van der Waals surface area contributed by atoms with Crippen molar-refractivity contribution in [2.45, 2.75) is 38.6 Å². The largest absolute Gasteiger partial charge is 0.392 e. The Morgan fingerprint density at radius 1 is 1.47 bits per heavy atom. The topological polar surface area (TPSA) is 46.3 Å². The van der Waals surface area contributed by atoms with Crippen LogP contribution in [0.2, 0.25) is 0 Å². The van der Waals surface area contributed by atoms with Crippen molar-refractivity contribution in [1.82, 2.24) is 4.90 Å². The second-order valence-electron chi connectivity index (χ2n) is 4.77. The molecule has 0 spiro atoms. The number of likely N-dealkylation sites (tertiary alicyclic amines) is 1. The van der Waals surface area contributed by atoms with E-state index in [9.17, 15) is 4.79 Å². The summed E-state index contributed by atoms with van der Waals surface area (Å²) in [5, 5.41) is 0. The monoisotopic (exact) mass is 226 g/mol. The predicted molar refractivity (Wildman–Crippen MR) is 63.4 cm³/mol. The van der Waals surface area contributed by atoms with E-state index in [0.717, 1.165) is 32.2 Å². The van der Waals surface area contributed by atoms with Crippen molar-refractivity contribution in [3.63, 3.8) is 0 Å². The SMILES string of the molecule is CC1CC1C(=O)N1CCCCC1C(N)=S. The molecule has 15 heavy (non-hydrogen) atoms. The normalized spacial score (nSPS) is 35.0. The molecule has 0 aromatic carbocycles. The van der Waals surface area contributed by atoms with Gasteiger partial charge in [0.1, 0.15) is 0 Å². The molecule has 2 aliphatic rings. The lowest BCUT2D eigenvalue weighted by Crippen LogP contribution is -2.50. The van der Waals surface area contributed by atoms with Crippen LogP contribution in [0.3, 0.4) is 0 Å². The molecule has 0 aromatic rings. The van der Waals surface area contributed by atoms with Crippen LogP contribution in [0.1, 0.15) is 32.6 Å². The van der Waals surface area contributed by atoms with Gasteiger partial charge in [0.15, 0.2) is 0 Å². The van der Waals surface area contributed by atoms with Crippen LogP contribution in [0.4, 0.5) is 0 Å². The molecule has 1 aliphatic heterocycles. The van der Waals surface area contributed by atoms with Crippen LogP contribution in [-0.4, -0.2) is 28.4 Å². The standard InChI is InChI=1S/C11H18N2OS/c1-7-6-8(7)11(14)13-5-3-2-4-9(13)10(12)15/h7-9H,2-6H2,1H3,(H2,12,15). The van der Waals surface area contributed by atoms with Gasteiger partial charge in [-0.3, -0.25) is 4.79 Å². The number of rotatable bonds is 2. The number of thiocarbonyl (C=S) groups is 1. The van der Waals surface area contributed by atoms with E-state index in [-0.39, 0.29) is 17.9 Å². The number of piperidine rings is 1. The smallest absolute Gasteiger partial charge is 0.226 e. The maximum absolute atomic E-state index is 12.1. The molecule has 1 heterocycles. The molecule has 3 atom stereocenters. The number of carbonyl (C=O) groups excluding carboxylic acids is 1. The van der Waals surface area contributed by atoms with E-state index >= 15 is 0 Å². The van der Waals surface area contributed by atoms with Crippen LogP contribution in [0.15, 0.2) is 0 Å². The van der Waals surface area contributed by atoms with Crippen molar-refractivity contribution in [2.75, 3.05) is 6.54 Å². The first-order chi connectivity index (χ1) is 7.11. The van der Waals surface area contributed by atoms with Crippen LogP contribution in [0.5, 0.6) is 0 Å². The summed E-state index contributed by atoms with van der Waals surface area (Å²) in [5.74, 6) is 1.09. The van der Waals surface area contributed by atoms with Crippen molar-refractivity contribution in [1.29, 1.82) is 0 Å². The van der Waals surface area contributed by atoms with Crippen molar-refractivity contribution >= 4 is 23.1 Å². The van der Waals surface area contributed by atoms with Crippen molar-refractivity contribution < 1.29 is 4.79 Å². The van der Waals surface area contributed by atoms with Gasteiger partial charge in [-0.2, -0.15) is 0 Å². The molecule has 3 nitrogen and oxygen atoms in total. The summed E-state index contributed by atoms with van der Waals surface area (Å²) in [6, 6.07) is 0.0223. The highest BCUT2D eigenvalue weighted by Crippen LogP contribution is 2.40. The second kappa shape index (κ2) is 4.08. The van der Waals surface area contributed by atoms with E-state index in [0.29, 0.717) is 10.9 Å². The van der Waals surface area contributed by atoms with Gasteiger partial charge in [0, 0.05) is 12.5 Å². The zero-order valence-electron chi connectivity index (χ0n) is 9.11. The fourth-order valence-corrected chi connectivity index (χ4v) is 2.62. The Bertz CT molecular complexity index is 292. The van der Waals surface area contributed by atoms with Gasteiger partial charge >= 0.3 is 0 Å². The summed E-state index contributed by atoms with van der Waals surface area (Å²) in [5.41, 5.74) is 5.69. The zero-order chi connectivity index (χ0) is 11.0. The number of hydrogen-bond acceptors (Lipinski definition) is 2. The maximum Gasteiger partial charge on any atom is 0.226 e. The van der Waals surface area contributed by atoms with Gasteiger partial charge in [0.2, 0.25) is 5.91 Å². The van der Waals surface area contributed by atoms with E-state index in [4.69, 9.17) is 18.0 Å². The first-order valence-corrected chi connectivity index (χ1v) is 6.12. The van der Waals surface area contributed by atoms with Crippen LogP contribution >= 0.6 is 12.2 Å². The molecule has 0 radical (unpaired) electrons. The van der Waals surface area contributed by atoms with Gasteiger partial charge in [0.05, 0.1) is 11.0 Å². The highest BCUT2D eigenvalue weighted by atomic mass is 32.1. The number of hydrogen-bond donors (Lipinski definition) is 1. The number of carbonyl (C=O) groups is 1. The molecule has 4 heteroatoms. The Hall–Kier alpha value is -0.640. The minimum absolute atomic E-state index is 0.0223. The Morgan fingerprint density at radius 2 is 2.13 bits per heavy atom. The van der Waals surface area contributed by atoms with Gasteiger partial charge in [-0.1, -0.05) is 19.1 Å². The Morgan fingerprint density at radius 3 is 2.67 bits per heavy atom. The molecule has 2 N–H and O–H groups in total. The third-order valence-electron chi connectivity index (χ3n) is 3.54. The number of nitrogens with zero attached hydrogens (tertiary/aromatic N) is 1. The van der Waals surface area contributed by atoms with E-state index in [1.165, 1.54) is 0 Å². The lowest BCUT2D eigenvalue weighted by Gasteiger charge is -2.35. The molecule has 3 unspecified atom stereocenters. The predicted octanol–water partition coefficient (Wildman–Crippen LogP) is 1.31. The Labute approximate surface area is 96.0 Å². The van der Waals surface area contributed by atoms with Crippen molar-refractivity contribution in [3.8, 4) is 0 Å². The summed E-state index contributed by atoms with van der Waals surface area (Å²) < 4.78 is 0. The quantitative estimate of drug-likeness (QED) is 0.722. The van der Waals surface area contributed by atoms with Crippen LogP contribution in [0.25, 0.3) is 0 Å². The van der Waals surface area contributed by atoms with Crippen LogP contribution < -0.4 is 5.73 Å². The highest BCUT2D eigenvalue weighted by Gasteiger charge is 2.43. The summed E-state index contributed by atoms with van der Waals surface area (Å²) in [4.78, 5) is 14.5. The molecular formula is C11H18N2OS. The molecule has 1 amide bonds. The van der Waals surface area contributed by atoms with Gasteiger partial charge in [-0.25, -0.2) is 0 Å². The fraction of sp³-hybridized carbons (Fsp3) is 0.818. The van der Waals surface area contributed by atoms with E-state index < -0.39 is 0 Å². The fourth-order valence-electron chi connectivity index (χ4n) is 2.37. The van der Waals surface area contributed by atoms with Crippen LogP contribution in [0, 0.1) is 11.8 Å². The number of nitrogens with two attached hydrogens (primary N) is 1. The molecule has 1 aliphatic carbocycles. The third kappa shape index (κ3) is 2.14. The molecule has 84 valence electrons. The summed E-state index contributed by atoms with van der Waals surface area (Å²) in [6.45, 7) is 2.96. The van der Waals surface area contributed by atoms with E-state index in [1.807, 2.05) is 4.90 Å². The number of amides is 1. The minimum atomic E-state index is 0.0223. The third-order valence-corrected chi connectivity index (χ3v) is 3.81. The Kier molecular flexibility index (Phi) is 2.96. The lowest BCUT2D eigenvalue weighted by molar-refractivity contribution is -0.135. The summed E-state index contributed by atoms with van der Waals surface area (Å²) in [7, 11) is 0. The average Bonchev–Trinajstić information content (AvgIpc) is 2.94. The molecule has 2 fully saturated rings. The van der Waals surface area contributed by atoms with Gasteiger partial charge in [-0.15, -0.1) is 0 Å². The summed E-state index contributed by atoms with van der Waals surface area (Å²) >= 11 is 5.03. The lowest BCUT2D eigenvalue weighted by atomic mass is 10.0. The highest BCUT2D eigenvalue weighted by molar-refractivity contribution is 7.80. The molecular weight excluding hydrogens is 208 g/mol. The maximum atomic E-state index is 12.1. The molecule has 1 saturated carbocycles. The van der Waals surface area contributed by atoms with Crippen molar-refractivity contribution in [2.24, 2.45) is 17.6 Å².